The Morgan fingerprint density at radius 2 is 2.00 bits per heavy atom. The first-order valence-corrected chi connectivity index (χ1v) is 6.40. The van der Waals surface area contributed by atoms with Crippen LogP contribution in [0.4, 0.5) is 0 Å². The summed E-state index contributed by atoms with van der Waals surface area (Å²) in [5.41, 5.74) is 5.07. The molecule has 2 aliphatic rings. The molecule has 0 aromatic carbocycles. The highest BCUT2D eigenvalue weighted by Crippen LogP contribution is 2.30. The fraction of sp³-hybridized carbons (Fsp3) is 1.00. The molecular weight excluding hydrogens is 188 g/mol. The number of nitrogens with zero attached hydrogens (tertiary/aromatic N) is 1. The van der Waals surface area contributed by atoms with Gasteiger partial charge < -0.3 is 10.8 Å². The SMILES string of the molecule is NCCC1(O)CCCN(C2CCCC2)C1. The lowest BCUT2D eigenvalue weighted by Gasteiger charge is -2.42. The summed E-state index contributed by atoms with van der Waals surface area (Å²) in [7, 11) is 0. The van der Waals surface area contributed by atoms with Crippen LogP contribution in [0, 0.1) is 0 Å². The van der Waals surface area contributed by atoms with Gasteiger partial charge in [0.05, 0.1) is 5.60 Å². The van der Waals surface area contributed by atoms with Crippen LogP contribution in [0.3, 0.4) is 0 Å². The largest absolute Gasteiger partial charge is 0.389 e. The maximum atomic E-state index is 10.4. The Bertz CT molecular complexity index is 200. The van der Waals surface area contributed by atoms with Gasteiger partial charge in [0.25, 0.3) is 0 Å². The van der Waals surface area contributed by atoms with Crippen LogP contribution in [0.1, 0.15) is 44.9 Å². The Balaban J connectivity index is 1.91. The second-order valence-corrected chi connectivity index (χ2v) is 5.28. The van der Waals surface area contributed by atoms with Gasteiger partial charge in [0.15, 0.2) is 0 Å². The highest BCUT2D eigenvalue weighted by molar-refractivity contribution is 4.91. The number of likely N-dealkylation sites (tertiary alicyclic amines) is 1. The molecule has 3 N–H and O–H groups in total. The van der Waals surface area contributed by atoms with Gasteiger partial charge in [0.2, 0.25) is 0 Å². The molecule has 1 aliphatic heterocycles. The Hall–Kier alpha value is -0.120. The Morgan fingerprint density at radius 1 is 1.27 bits per heavy atom. The van der Waals surface area contributed by atoms with E-state index in [1.54, 1.807) is 0 Å². The van der Waals surface area contributed by atoms with E-state index in [4.69, 9.17) is 5.73 Å². The van der Waals surface area contributed by atoms with Crippen molar-refractivity contribution >= 4 is 0 Å². The molecule has 0 amide bonds. The molecule has 1 saturated heterocycles. The topological polar surface area (TPSA) is 49.5 Å². The zero-order valence-electron chi connectivity index (χ0n) is 9.62. The van der Waals surface area contributed by atoms with E-state index in [1.165, 1.54) is 32.2 Å². The van der Waals surface area contributed by atoms with Crippen LogP contribution in [0.5, 0.6) is 0 Å². The van der Waals surface area contributed by atoms with Crippen molar-refractivity contribution in [2.24, 2.45) is 5.73 Å². The minimum absolute atomic E-state index is 0.490. The molecule has 15 heavy (non-hydrogen) atoms. The summed E-state index contributed by atoms with van der Waals surface area (Å²) in [6, 6.07) is 0.745. The van der Waals surface area contributed by atoms with E-state index in [1.807, 2.05) is 0 Å². The molecule has 2 fully saturated rings. The van der Waals surface area contributed by atoms with E-state index < -0.39 is 5.60 Å². The van der Waals surface area contributed by atoms with E-state index in [0.717, 1.165) is 31.8 Å². The molecule has 3 heteroatoms. The quantitative estimate of drug-likeness (QED) is 0.736. The molecule has 1 saturated carbocycles. The minimum atomic E-state index is -0.490. The molecule has 3 nitrogen and oxygen atoms in total. The summed E-state index contributed by atoms with van der Waals surface area (Å²) in [6.07, 6.45) is 8.24. The van der Waals surface area contributed by atoms with Crippen molar-refractivity contribution in [2.75, 3.05) is 19.6 Å². The number of nitrogens with two attached hydrogens (primary N) is 1. The number of β-amino-alcohol motifs (C(OH)–C–C–N with tert-alkyl or cyclic N) is 1. The fourth-order valence-corrected chi connectivity index (χ4v) is 3.20. The molecule has 0 spiro atoms. The molecule has 0 bridgehead atoms. The first-order valence-electron chi connectivity index (χ1n) is 6.40. The van der Waals surface area contributed by atoms with Crippen LogP contribution in [-0.4, -0.2) is 41.3 Å². The van der Waals surface area contributed by atoms with Gasteiger partial charge in [-0.15, -0.1) is 0 Å². The van der Waals surface area contributed by atoms with Crippen LogP contribution in [0.15, 0.2) is 0 Å². The summed E-state index contributed by atoms with van der Waals surface area (Å²) in [5, 5.41) is 10.4. The van der Waals surface area contributed by atoms with Gasteiger partial charge in [-0.3, -0.25) is 4.90 Å². The van der Waals surface area contributed by atoms with Gasteiger partial charge in [-0.25, -0.2) is 0 Å². The van der Waals surface area contributed by atoms with E-state index >= 15 is 0 Å². The smallest absolute Gasteiger partial charge is 0.0786 e. The lowest BCUT2D eigenvalue weighted by atomic mass is 9.88. The highest BCUT2D eigenvalue weighted by Gasteiger charge is 2.35. The van der Waals surface area contributed by atoms with Crippen molar-refractivity contribution in [1.29, 1.82) is 0 Å². The normalized spacial score (nSPS) is 34.8. The van der Waals surface area contributed by atoms with Crippen molar-refractivity contribution in [3.05, 3.63) is 0 Å². The van der Waals surface area contributed by atoms with Crippen LogP contribution in [-0.2, 0) is 0 Å². The summed E-state index contributed by atoms with van der Waals surface area (Å²) in [6.45, 7) is 2.64. The zero-order chi connectivity index (χ0) is 10.7. The molecule has 1 atom stereocenters. The lowest BCUT2D eigenvalue weighted by molar-refractivity contribution is -0.0468. The number of rotatable bonds is 3. The Labute approximate surface area is 92.6 Å². The molecule has 0 radical (unpaired) electrons. The maximum Gasteiger partial charge on any atom is 0.0786 e. The fourth-order valence-electron chi connectivity index (χ4n) is 3.20. The Kier molecular flexibility index (Phi) is 3.65. The van der Waals surface area contributed by atoms with Crippen molar-refractivity contribution in [2.45, 2.75) is 56.6 Å². The average Bonchev–Trinajstić information content (AvgIpc) is 2.70. The minimum Gasteiger partial charge on any atom is -0.389 e. The molecule has 2 rings (SSSR count). The second kappa shape index (κ2) is 4.81. The van der Waals surface area contributed by atoms with Crippen molar-refractivity contribution in [3.63, 3.8) is 0 Å². The first kappa shape index (κ1) is 11.4. The zero-order valence-corrected chi connectivity index (χ0v) is 9.62. The van der Waals surface area contributed by atoms with Gasteiger partial charge in [-0.05, 0) is 45.2 Å². The lowest BCUT2D eigenvalue weighted by Crippen LogP contribution is -2.51. The molecule has 1 heterocycles. The summed E-state index contributed by atoms with van der Waals surface area (Å²) >= 11 is 0. The maximum absolute atomic E-state index is 10.4. The molecule has 88 valence electrons. The summed E-state index contributed by atoms with van der Waals surface area (Å²) < 4.78 is 0. The van der Waals surface area contributed by atoms with E-state index in [9.17, 15) is 5.11 Å². The summed E-state index contributed by atoms with van der Waals surface area (Å²) in [4.78, 5) is 2.51. The highest BCUT2D eigenvalue weighted by atomic mass is 16.3. The first-order chi connectivity index (χ1) is 7.23. The monoisotopic (exact) mass is 212 g/mol. The van der Waals surface area contributed by atoms with Crippen LogP contribution >= 0.6 is 0 Å². The Morgan fingerprint density at radius 3 is 2.67 bits per heavy atom. The third-order valence-electron chi connectivity index (χ3n) is 4.04. The van der Waals surface area contributed by atoms with Crippen LogP contribution in [0.2, 0.25) is 0 Å². The molecule has 1 aliphatic carbocycles. The number of piperidine rings is 1. The predicted octanol–water partition coefficient (Wildman–Crippen LogP) is 1.10. The van der Waals surface area contributed by atoms with Crippen molar-refractivity contribution < 1.29 is 5.11 Å². The summed E-state index contributed by atoms with van der Waals surface area (Å²) in [5.74, 6) is 0. The number of hydrogen-bond acceptors (Lipinski definition) is 3. The van der Waals surface area contributed by atoms with Crippen LogP contribution in [0.25, 0.3) is 0 Å². The molecular formula is C12H24N2O. The number of hydrogen-bond donors (Lipinski definition) is 2. The van der Waals surface area contributed by atoms with Crippen molar-refractivity contribution in [3.8, 4) is 0 Å². The standard InChI is InChI=1S/C12H24N2O/c13-8-7-12(15)6-3-9-14(10-12)11-4-1-2-5-11/h11,15H,1-10,13H2. The third kappa shape index (κ3) is 2.71. The van der Waals surface area contributed by atoms with Gasteiger partial charge in [-0.1, -0.05) is 12.8 Å². The van der Waals surface area contributed by atoms with Crippen molar-refractivity contribution in [1.82, 2.24) is 4.90 Å². The van der Waals surface area contributed by atoms with E-state index in [-0.39, 0.29) is 0 Å². The number of aliphatic hydroxyl groups is 1. The van der Waals surface area contributed by atoms with E-state index in [0.29, 0.717) is 6.54 Å². The van der Waals surface area contributed by atoms with Gasteiger partial charge in [0, 0.05) is 12.6 Å². The molecule has 0 aromatic heterocycles. The second-order valence-electron chi connectivity index (χ2n) is 5.28. The van der Waals surface area contributed by atoms with Crippen LogP contribution < -0.4 is 5.73 Å². The van der Waals surface area contributed by atoms with Gasteiger partial charge in [-0.2, -0.15) is 0 Å². The molecule has 1 unspecified atom stereocenters. The van der Waals surface area contributed by atoms with Gasteiger partial charge >= 0.3 is 0 Å². The third-order valence-corrected chi connectivity index (χ3v) is 4.04. The van der Waals surface area contributed by atoms with E-state index in [2.05, 4.69) is 4.90 Å². The predicted molar refractivity (Wildman–Crippen MR) is 61.7 cm³/mol. The average molecular weight is 212 g/mol. The van der Waals surface area contributed by atoms with Gasteiger partial charge in [0.1, 0.15) is 0 Å². The molecule has 0 aromatic rings.